The molecule has 0 radical (unpaired) electrons. The molecule has 0 bridgehead atoms. The number of carbonyl (C=O) groups excluding carboxylic acids is 1. The second-order valence-corrected chi connectivity index (χ2v) is 4.32. The standard InChI is InChI=1S/C10H14F5NO2/c1-16(4-5-18-6-7-2-3-7)8(17)9(11,12)10(13,14)15/h7H,2-6H2,1H3. The minimum atomic E-state index is -5.87. The zero-order valence-corrected chi connectivity index (χ0v) is 9.77. The number of hydrogen-bond donors (Lipinski definition) is 0. The molecule has 1 saturated carbocycles. The van der Waals surface area contributed by atoms with Crippen molar-refractivity contribution in [3.05, 3.63) is 0 Å². The lowest BCUT2D eigenvalue weighted by Gasteiger charge is -2.24. The zero-order chi connectivity index (χ0) is 14.0. The third kappa shape index (κ3) is 3.79. The van der Waals surface area contributed by atoms with E-state index in [-0.39, 0.29) is 13.2 Å². The van der Waals surface area contributed by atoms with Crippen LogP contribution in [0.2, 0.25) is 0 Å². The Hall–Kier alpha value is -0.920. The zero-order valence-electron chi connectivity index (χ0n) is 9.77. The van der Waals surface area contributed by atoms with Gasteiger partial charge in [-0.05, 0) is 18.8 Å². The molecule has 8 heteroatoms. The molecule has 106 valence electrons. The summed E-state index contributed by atoms with van der Waals surface area (Å²) in [5, 5.41) is 0. The van der Waals surface area contributed by atoms with Gasteiger partial charge in [0.2, 0.25) is 0 Å². The molecule has 0 spiro atoms. The van der Waals surface area contributed by atoms with Gasteiger partial charge in [0.25, 0.3) is 0 Å². The minimum Gasteiger partial charge on any atom is -0.379 e. The molecule has 0 unspecified atom stereocenters. The number of halogens is 5. The summed E-state index contributed by atoms with van der Waals surface area (Å²) in [6.07, 6.45) is -3.78. The topological polar surface area (TPSA) is 29.5 Å². The first kappa shape index (κ1) is 15.1. The molecule has 3 nitrogen and oxygen atoms in total. The predicted molar refractivity (Wildman–Crippen MR) is 52.2 cm³/mol. The Labute approximate surface area is 101 Å². The molecule has 18 heavy (non-hydrogen) atoms. The quantitative estimate of drug-likeness (QED) is 0.548. The van der Waals surface area contributed by atoms with Crippen LogP contribution in [0.1, 0.15) is 12.8 Å². The number of likely N-dealkylation sites (N-methyl/N-ethyl adjacent to an activating group) is 1. The Morgan fingerprint density at radius 1 is 1.28 bits per heavy atom. The van der Waals surface area contributed by atoms with Crippen molar-refractivity contribution >= 4 is 5.91 Å². The number of hydrogen-bond acceptors (Lipinski definition) is 2. The van der Waals surface area contributed by atoms with Gasteiger partial charge in [-0.25, -0.2) is 0 Å². The highest BCUT2D eigenvalue weighted by atomic mass is 19.4. The number of ether oxygens (including phenoxy) is 1. The van der Waals surface area contributed by atoms with Crippen molar-refractivity contribution in [3.8, 4) is 0 Å². The molecule has 1 rings (SSSR count). The lowest BCUT2D eigenvalue weighted by Crippen LogP contribution is -2.51. The first-order valence-corrected chi connectivity index (χ1v) is 5.44. The van der Waals surface area contributed by atoms with Crippen LogP contribution in [0.25, 0.3) is 0 Å². The fraction of sp³-hybridized carbons (Fsp3) is 0.900. The molecule has 1 aliphatic carbocycles. The van der Waals surface area contributed by atoms with Crippen molar-refractivity contribution < 1.29 is 31.5 Å². The smallest absolute Gasteiger partial charge is 0.379 e. The second kappa shape index (κ2) is 5.38. The van der Waals surface area contributed by atoms with Crippen LogP contribution in [-0.2, 0) is 9.53 Å². The SMILES string of the molecule is CN(CCOCC1CC1)C(=O)C(F)(F)C(F)(F)F. The molecule has 0 aliphatic heterocycles. The van der Waals surface area contributed by atoms with Crippen molar-refractivity contribution in [3.63, 3.8) is 0 Å². The van der Waals surface area contributed by atoms with Gasteiger partial charge in [-0.1, -0.05) is 0 Å². The first-order valence-electron chi connectivity index (χ1n) is 5.44. The van der Waals surface area contributed by atoms with E-state index in [4.69, 9.17) is 4.74 Å². The van der Waals surface area contributed by atoms with Gasteiger partial charge in [0, 0.05) is 20.2 Å². The monoisotopic (exact) mass is 275 g/mol. The number of rotatable bonds is 6. The van der Waals surface area contributed by atoms with Crippen LogP contribution in [0.3, 0.4) is 0 Å². The minimum absolute atomic E-state index is 0.0489. The van der Waals surface area contributed by atoms with Gasteiger partial charge in [0.15, 0.2) is 0 Å². The molecule has 1 amide bonds. The molecular weight excluding hydrogens is 261 g/mol. The van der Waals surface area contributed by atoms with Crippen LogP contribution in [0.5, 0.6) is 0 Å². The lowest BCUT2D eigenvalue weighted by molar-refractivity contribution is -0.274. The Morgan fingerprint density at radius 3 is 2.28 bits per heavy atom. The third-order valence-corrected chi connectivity index (χ3v) is 2.59. The highest BCUT2D eigenvalue weighted by Gasteiger charge is 2.64. The average molecular weight is 275 g/mol. The summed E-state index contributed by atoms with van der Waals surface area (Å²) in [4.78, 5) is 11.3. The van der Waals surface area contributed by atoms with Crippen molar-refractivity contribution in [1.29, 1.82) is 0 Å². The first-order chi connectivity index (χ1) is 8.16. The van der Waals surface area contributed by atoms with Crippen LogP contribution >= 0.6 is 0 Å². The number of amides is 1. The van der Waals surface area contributed by atoms with E-state index in [1.165, 1.54) is 0 Å². The molecular formula is C10H14F5NO2. The van der Waals surface area contributed by atoms with Crippen LogP contribution in [-0.4, -0.2) is 49.7 Å². The summed E-state index contributed by atoms with van der Waals surface area (Å²) in [5.74, 6) is -7.15. The van der Waals surface area contributed by atoms with Crippen LogP contribution in [0, 0.1) is 5.92 Å². The molecule has 0 aromatic rings. The summed E-state index contributed by atoms with van der Waals surface area (Å²) < 4.78 is 66.1. The van der Waals surface area contributed by atoms with E-state index in [0.29, 0.717) is 17.4 Å². The van der Waals surface area contributed by atoms with Crippen molar-refractivity contribution in [1.82, 2.24) is 4.90 Å². The van der Waals surface area contributed by atoms with Crippen molar-refractivity contribution in [2.75, 3.05) is 26.8 Å². The number of carbonyl (C=O) groups is 1. The molecule has 0 aromatic heterocycles. The Balaban J connectivity index is 2.34. The van der Waals surface area contributed by atoms with E-state index in [1.54, 1.807) is 0 Å². The molecule has 1 aliphatic rings. The largest absolute Gasteiger partial charge is 0.463 e. The van der Waals surface area contributed by atoms with Gasteiger partial charge < -0.3 is 9.64 Å². The number of nitrogens with zero attached hydrogens (tertiary/aromatic N) is 1. The van der Waals surface area contributed by atoms with Gasteiger partial charge in [0.1, 0.15) is 0 Å². The predicted octanol–water partition coefficient (Wildman–Crippen LogP) is 2.07. The highest BCUT2D eigenvalue weighted by Crippen LogP contribution is 2.36. The van der Waals surface area contributed by atoms with E-state index in [2.05, 4.69) is 0 Å². The fourth-order valence-corrected chi connectivity index (χ4v) is 1.20. The molecule has 0 aromatic carbocycles. The fourth-order valence-electron chi connectivity index (χ4n) is 1.20. The van der Waals surface area contributed by atoms with E-state index in [9.17, 15) is 26.7 Å². The van der Waals surface area contributed by atoms with E-state index < -0.39 is 18.0 Å². The van der Waals surface area contributed by atoms with Crippen molar-refractivity contribution in [2.45, 2.75) is 24.9 Å². The second-order valence-electron chi connectivity index (χ2n) is 4.32. The molecule has 0 N–H and O–H groups in total. The van der Waals surface area contributed by atoms with Crippen LogP contribution < -0.4 is 0 Å². The maximum Gasteiger partial charge on any atom is 0.463 e. The Kier molecular flexibility index (Phi) is 4.52. The summed E-state index contributed by atoms with van der Waals surface area (Å²) in [7, 11) is 0.891. The number of alkyl halides is 5. The van der Waals surface area contributed by atoms with E-state index in [1.807, 2.05) is 0 Å². The Bertz CT molecular complexity index is 301. The van der Waals surface area contributed by atoms with Gasteiger partial charge in [-0.3, -0.25) is 4.79 Å². The maximum absolute atomic E-state index is 12.7. The summed E-state index contributed by atoms with van der Waals surface area (Å²) in [6, 6.07) is 0. The van der Waals surface area contributed by atoms with Gasteiger partial charge in [0.05, 0.1) is 6.61 Å². The third-order valence-electron chi connectivity index (χ3n) is 2.59. The average Bonchev–Trinajstić information content (AvgIpc) is 3.05. The van der Waals surface area contributed by atoms with Crippen LogP contribution in [0.4, 0.5) is 22.0 Å². The summed E-state index contributed by atoms with van der Waals surface area (Å²) in [5.41, 5.74) is 0. The van der Waals surface area contributed by atoms with E-state index in [0.717, 1.165) is 19.9 Å². The molecule has 0 atom stereocenters. The van der Waals surface area contributed by atoms with Gasteiger partial charge >= 0.3 is 18.0 Å². The maximum atomic E-state index is 12.7. The van der Waals surface area contributed by atoms with Crippen LogP contribution in [0.15, 0.2) is 0 Å². The Morgan fingerprint density at radius 2 is 1.83 bits per heavy atom. The van der Waals surface area contributed by atoms with Gasteiger partial charge in [-0.15, -0.1) is 0 Å². The summed E-state index contributed by atoms with van der Waals surface area (Å²) >= 11 is 0. The normalized spacial score (nSPS) is 16.8. The van der Waals surface area contributed by atoms with E-state index >= 15 is 0 Å². The van der Waals surface area contributed by atoms with Crippen molar-refractivity contribution in [2.24, 2.45) is 5.92 Å². The lowest BCUT2D eigenvalue weighted by atomic mass is 10.3. The van der Waals surface area contributed by atoms with Gasteiger partial charge in [-0.2, -0.15) is 22.0 Å². The highest BCUT2D eigenvalue weighted by molar-refractivity contribution is 5.84. The molecule has 0 saturated heterocycles. The summed E-state index contributed by atoms with van der Waals surface area (Å²) in [6.45, 7) is 0.113. The molecule has 0 heterocycles. The molecule has 1 fully saturated rings.